The standard InChI is InChI=1S/C15H17BrN2/c1-11(13-5-3-7-15(16)9-13)18-12(2)14-6-4-8-17-10-14/h3-12,18H,1-2H3/t11?,12-/m0/s1. The first-order valence-corrected chi connectivity index (χ1v) is 6.87. The molecule has 0 saturated carbocycles. The molecule has 1 aromatic heterocycles. The van der Waals surface area contributed by atoms with E-state index in [9.17, 15) is 0 Å². The molecule has 0 amide bonds. The topological polar surface area (TPSA) is 24.9 Å². The molecule has 1 unspecified atom stereocenters. The van der Waals surface area contributed by atoms with Gasteiger partial charge in [-0.25, -0.2) is 0 Å². The van der Waals surface area contributed by atoms with Crippen molar-refractivity contribution >= 4 is 15.9 Å². The second-order valence-corrected chi connectivity index (χ2v) is 5.37. The molecule has 0 radical (unpaired) electrons. The van der Waals surface area contributed by atoms with Gasteiger partial charge in [0.15, 0.2) is 0 Å². The molecule has 2 atom stereocenters. The van der Waals surface area contributed by atoms with E-state index in [1.165, 1.54) is 11.1 Å². The van der Waals surface area contributed by atoms with Crippen molar-refractivity contribution in [3.63, 3.8) is 0 Å². The molecular weight excluding hydrogens is 288 g/mol. The van der Waals surface area contributed by atoms with Crippen molar-refractivity contribution in [2.45, 2.75) is 25.9 Å². The van der Waals surface area contributed by atoms with Crippen LogP contribution in [0.25, 0.3) is 0 Å². The van der Waals surface area contributed by atoms with Gasteiger partial charge in [-0.15, -0.1) is 0 Å². The number of hydrogen-bond acceptors (Lipinski definition) is 2. The van der Waals surface area contributed by atoms with Crippen molar-refractivity contribution in [1.82, 2.24) is 10.3 Å². The van der Waals surface area contributed by atoms with Gasteiger partial charge in [-0.05, 0) is 43.2 Å². The van der Waals surface area contributed by atoms with Gasteiger partial charge in [0.25, 0.3) is 0 Å². The number of aromatic nitrogens is 1. The lowest BCUT2D eigenvalue weighted by atomic mass is 10.1. The predicted octanol–water partition coefficient (Wildman–Crippen LogP) is 4.26. The number of nitrogens with zero attached hydrogens (tertiary/aromatic N) is 1. The minimum absolute atomic E-state index is 0.285. The molecule has 18 heavy (non-hydrogen) atoms. The van der Waals surface area contributed by atoms with E-state index in [2.05, 4.69) is 64.3 Å². The van der Waals surface area contributed by atoms with Crippen LogP contribution >= 0.6 is 15.9 Å². The number of rotatable bonds is 4. The summed E-state index contributed by atoms with van der Waals surface area (Å²) in [7, 11) is 0. The summed E-state index contributed by atoms with van der Waals surface area (Å²) < 4.78 is 1.11. The van der Waals surface area contributed by atoms with Gasteiger partial charge in [0.2, 0.25) is 0 Å². The first-order chi connectivity index (χ1) is 8.66. The Labute approximate surface area is 117 Å². The number of nitrogens with one attached hydrogen (secondary N) is 1. The molecule has 2 aromatic rings. The molecule has 2 nitrogen and oxygen atoms in total. The number of benzene rings is 1. The van der Waals surface area contributed by atoms with Crippen molar-refractivity contribution in [1.29, 1.82) is 0 Å². The van der Waals surface area contributed by atoms with Gasteiger partial charge in [0, 0.05) is 29.0 Å². The minimum atomic E-state index is 0.285. The fourth-order valence-electron chi connectivity index (χ4n) is 1.98. The molecule has 0 saturated heterocycles. The van der Waals surface area contributed by atoms with Crippen LogP contribution in [0.2, 0.25) is 0 Å². The van der Waals surface area contributed by atoms with Crippen LogP contribution in [0.5, 0.6) is 0 Å². The van der Waals surface area contributed by atoms with Gasteiger partial charge < -0.3 is 5.32 Å². The highest BCUT2D eigenvalue weighted by Gasteiger charge is 2.11. The van der Waals surface area contributed by atoms with E-state index in [1.807, 2.05) is 18.3 Å². The SMILES string of the molecule is CC(N[C@@H](C)c1cccnc1)c1cccc(Br)c1. The smallest absolute Gasteiger partial charge is 0.0315 e. The number of halogens is 1. The largest absolute Gasteiger partial charge is 0.304 e. The third kappa shape index (κ3) is 3.40. The Kier molecular flexibility index (Phi) is 4.50. The Morgan fingerprint density at radius 1 is 1.06 bits per heavy atom. The lowest BCUT2D eigenvalue weighted by Crippen LogP contribution is -2.22. The lowest BCUT2D eigenvalue weighted by molar-refractivity contribution is 0.493. The second kappa shape index (κ2) is 6.12. The normalized spacial score (nSPS) is 14.2. The molecular formula is C15H17BrN2. The zero-order valence-electron chi connectivity index (χ0n) is 10.6. The van der Waals surface area contributed by atoms with Gasteiger partial charge in [-0.1, -0.05) is 34.1 Å². The maximum absolute atomic E-state index is 4.15. The third-order valence-corrected chi connectivity index (χ3v) is 3.53. The predicted molar refractivity (Wildman–Crippen MR) is 78.3 cm³/mol. The quantitative estimate of drug-likeness (QED) is 0.913. The summed E-state index contributed by atoms with van der Waals surface area (Å²) in [5.41, 5.74) is 2.49. The van der Waals surface area contributed by atoms with Gasteiger partial charge in [0.05, 0.1) is 0 Å². The fourth-order valence-corrected chi connectivity index (χ4v) is 2.39. The zero-order chi connectivity index (χ0) is 13.0. The van der Waals surface area contributed by atoms with Crippen molar-refractivity contribution in [3.8, 4) is 0 Å². The van der Waals surface area contributed by atoms with Crippen LogP contribution in [-0.2, 0) is 0 Å². The zero-order valence-corrected chi connectivity index (χ0v) is 12.2. The molecule has 0 fully saturated rings. The molecule has 0 aliphatic heterocycles. The molecule has 1 aromatic carbocycles. The number of pyridine rings is 1. The van der Waals surface area contributed by atoms with Crippen LogP contribution in [0, 0.1) is 0 Å². The summed E-state index contributed by atoms with van der Waals surface area (Å²) in [4.78, 5) is 4.15. The molecule has 0 bridgehead atoms. The maximum Gasteiger partial charge on any atom is 0.0315 e. The monoisotopic (exact) mass is 304 g/mol. The Morgan fingerprint density at radius 2 is 1.78 bits per heavy atom. The van der Waals surface area contributed by atoms with E-state index in [4.69, 9.17) is 0 Å². The van der Waals surface area contributed by atoms with Gasteiger partial charge in [0.1, 0.15) is 0 Å². The summed E-state index contributed by atoms with van der Waals surface area (Å²) >= 11 is 3.50. The average Bonchev–Trinajstić information content (AvgIpc) is 2.39. The molecule has 94 valence electrons. The van der Waals surface area contributed by atoms with E-state index in [-0.39, 0.29) is 6.04 Å². The summed E-state index contributed by atoms with van der Waals surface area (Å²) in [6, 6.07) is 13.0. The van der Waals surface area contributed by atoms with E-state index >= 15 is 0 Å². The van der Waals surface area contributed by atoms with E-state index in [1.54, 1.807) is 6.20 Å². The average molecular weight is 305 g/mol. The first kappa shape index (κ1) is 13.2. The van der Waals surface area contributed by atoms with Crippen LogP contribution in [0.3, 0.4) is 0 Å². The number of hydrogen-bond donors (Lipinski definition) is 1. The van der Waals surface area contributed by atoms with Crippen LogP contribution in [-0.4, -0.2) is 4.98 Å². The second-order valence-electron chi connectivity index (χ2n) is 4.45. The van der Waals surface area contributed by atoms with Crippen LogP contribution in [0.15, 0.2) is 53.3 Å². The highest BCUT2D eigenvalue weighted by atomic mass is 79.9. The molecule has 3 heteroatoms. The molecule has 0 aliphatic carbocycles. The van der Waals surface area contributed by atoms with Crippen LogP contribution in [0.4, 0.5) is 0 Å². The molecule has 2 rings (SSSR count). The Morgan fingerprint density at radius 3 is 2.44 bits per heavy atom. The first-order valence-electron chi connectivity index (χ1n) is 6.08. The Bertz CT molecular complexity index is 499. The highest BCUT2D eigenvalue weighted by Crippen LogP contribution is 2.21. The Hall–Kier alpha value is -1.19. The third-order valence-electron chi connectivity index (χ3n) is 3.03. The van der Waals surface area contributed by atoms with E-state index < -0.39 is 0 Å². The van der Waals surface area contributed by atoms with E-state index in [0.717, 1.165) is 4.47 Å². The summed E-state index contributed by atoms with van der Waals surface area (Å²) in [6.45, 7) is 4.33. The van der Waals surface area contributed by atoms with Crippen molar-refractivity contribution < 1.29 is 0 Å². The molecule has 1 heterocycles. The fraction of sp³-hybridized carbons (Fsp3) is 0.267. The molecule has 0 aliphatic rings. The maximum atomic E-state index is 4.15. The summed E-state index contributed by atoms with van der Waals surface area (Å²) in [6.07, 6.45) is 3.71. The minimum Gasteiger partial charge on any atom is -0.304 e. The van der Waals surface area contributed by atoms with Crippen LogP contribution < -0.4 is 5.32 Å². The van der Waals surface area contributed by atoms with E-state index in [0.29, 0.717) is 6.04 Å². The molecule has 0 spiro atoms. The highest BCUT2D eigenvalue weighted by molar-refractivity contribution is 9.10. The van der Waals surface area contributed by atoms with Crippen LogP contribution in [0.1, 0.15) is 37.1 Å². The van der Waals surface area contributed by atoms with Gasteiger partial charge >= 0.3 is 0 Å². The lowest BCUT2D eigenvalue weighted by Gasteiger charge is -2.20. The Balaban J connectivity index is 2.05. The summed E-state index contributed by atoms with van der Waals surface area (Å²) in [5.74, 6) is 0. The molecule has 1 N–H and O–H groups in total. The van der Waals surface area contributed by atoms with Crippen molar-refractivity contribution in [2.75, 3.05) is 0 Å². The van der Waals surface area contributed by atoms with Crippen molar-refractivity contribution in [2.24, 2.45) is 0 Å². The van der Waals surface area contributed by atoms with Gasteiger partial charge in [-0.3, -0.25) is 4.98 Å². The summed E-state index contributed by atoms with van der Waals surface area (Å²) in [5, 5.41) is 3.58. The van der Waals surface area contributed by atoms with Gasteiger partial charge in [-0.2, -0.15) is 0 Å². The van der Waals surface area contributed by atoms with Crippen molar-refractivity contribution in [3.05, 3.63) is 64.4 Å².